The lowest BCUT2D eigenvalue weighted by atomic mass is 9.88. The summed E-state index contributed by atoms with van der Waals surface area (Å²) in [7, 11) is 0. The summed E-state index contributed by atoms with van der Waals surface area (Å²) in [5, 5.41) is 12.3. The third-order valence-electron chi connectivity index (χ3n) is 3.02. The number of hydrogen-bond donors (Lipinski definition) is 2. The van der Waals surface area contributed by atoms with Crippen LogP contribution >= 0.6 is 0 Å². The zero-order chi connectivity index (χ0) is 11.7. The van der Waals surface area contributed by atoms with Gasteiger partial charge in [0.25, 0.3) is 0 Å². The van der Waals surface area contributed by atoms with Crippen molar-refractivity contribution in [3.05, 3.63) is 35.4 Å². The van der Waals surface area contributed by atoms with Crippen molar-refractivity contribution in [2.75, 3.05) is 0 Å². The van der Waals surface area contributed by atoms with Crippen molar-refractivity contribution in [1.82, 2.24) is 5.32 Å². The van der Waals surface area contributed by atoms with Gasteiger partial charge in [-0.05, 0) is 38.0 Å². The molecule has 2 rings (SSSR count). The Balaban J connectivity index is 2.02. The summed E-state index contributed by atoms with van der Waals surface area (Å²) < 4.78 is 26.4. The van der Waals surface area contributed by atoms with Gasteiger partial charge < -0.3 is 10.4 Å². The summed E-state index contributed by atoms with van der Waals surface area (Å²) in [5.74, 6) is -0.833. The van der Waals surface area contributed by atoms with Gasteiger partial charge in [0.2, 0.25) is 0 Å². The first-order chi connectivity index (χ1) is 7.56. The first kappa shape index (κ1) is 11.5. The minimum atomic E-state index is -0.432. The second-order valence-electron chi connectivity index (χ2n) is 4.38. The molecule has 0 bridgehead atoms. The van der Waals surface area contributed by atoms with Crippen LogP contribution in [0.3, 0.4) is 0 Å². The Hall–Kier alpha value is -1.00. The third kappa shape index (κ3) is 2.39. The molecule has 1 atom stereocenters. The first-order valence-electron chi connectivity index (χ1n) is 5.45. The number of benzene rings is 1. The fourth-order valence-electron chi connectivity index (χ4n) is 2.01. The second kappa shape index (κ2) is 4.47. The predicted molar refractivity (Wildman–Crippen MR) is 56.9 cm³/mol. The van der Waals surface area contributed by atoms with Gasteiger partial charge in [-0.25, -0.2) is 8.78 Å². The summed E-state index contributed by atoms with van der Waals surface area (Å²) in [6.45, 7) is 1.79. The van der Waals surface area contributed by atoms with E-state index in [9.17, 15) is 8.78 Å². The Morgan fingerprint density at radius 3 is 2.69 bits per heavy atom. The second-order valence-corrected chi connectivity index (χ2v) is 4.38. The maximum absolute atomic E-state index is 13.4. The third-order valence-corrected chi connectivity index (χ3v) is 3.02. The number of aliphatic hydroxyl groups excluding tert-OH is 1. The summed E-state index contributed by atoms with van der Waals surface area (Å²) >= 11 is 0. The fraction of sp³-hybridized carbons (Fsp3) is 0.500. The van der Waals surface area contributed by atoms with Gasteiger partial charge in [-0.3, -0.25) is 0 Å². The molecule has 16 heavy (non-hydrogen) atoms. The number of halogens is 2. The van der Waals surface area contributed by atoms with Crippen molar-refractivity contribution in [3.63, 3.8) is 0 Å². The molecular formula is C12H15F2NO. The van der Waals surface area contributed by atoms with E-state index in [0.29, 0.717) is 18.4 Å². The molecule has 0 heterocycles. The molecule has 1 aliphatic rings. The molecule has 0 saturated heterocycles. The Bertz CT molecular complexity index is 377. The highest BCUT2D eigenvalue weighted by molar-refractivity contribution is 5.22. The lowest BCUT2D eigenvalue weighted by Crippen LogP contribution is -2.45. The molecule has 1 fully saturated rings. The minimum absolute atomic E-state index is 0.202. The van der Waals surface area contributed by atoms with Crippen LogP contribution in [0.15, 0.2) is 18.2 Å². The summed E-state index contributed by atoms with van der Waals surface area (Å²) in [5.41, 5.74) is 0.335. The van der Waals surface area contributed by atoms with Crippen molar-refractivity contribution >= 4 is 0 Å². The molecule has 1 saturated carbocycles. The zero-order valence-electron chi connectivity index (χ0n) is 9.08. The van der Waals surface area contributed by atoms with E-state index in [2.05, 4.69) is 5.32 Å². The number of aliphatic hydroxyl groups is 1. The van der Waals surface area contributed by atoms with Crippen LogP contribution in [0, 0.1) is 11.6 Å². The van der Waals surface area contributed by atoms with Crippen LogP contribution in [0.5, 0.6) is 0 Å². The topological polar surface area (TPSA) is 32.3 Å². The van der Waals surface area contributed by atoms with Crippen LogP contribution in [0.4, 0.5) is 8.78 Å². The van der Waals surface area contributed by atoms with Crippen molar-refractivity contribution < 1.29 is 13.9 Å². The summed E-state index contributed by atoms with van der Waals surface area (Å²) in [6, 6.07) is 3.42. The Labute approximate surface area is 93.3 Å². The van der Waals surface area contributed by atoms with Crippen LogP contribution < -0.4 is 5.32 Å². The monoisotopic (exact) mass is 227 g/mol. The normalized spacial score (nSPS) is 26.2. The Kier molecular flexibility index (Phi) is 3.21. The van der Waals surface area contributed by atoms with E-state index < -0.39 is 11.6 Å². The average molecular weight is 227 g/mol. The van der Waals surface area contributed by atoms with Gasteiger partial charge in [0.15, 0.2) is 0 Å². The Morgan fingerprint density at radius 2 is 2.06 bits per heavy atom. The van der Waals surface area contributed by atoms with Crippen LogP contribution in [-0.2, 0) is 0 Å². The maximum Gasteiger partial charge on any atom is 0.128 e. The summed E-state index contributed by atoms with van der Waals surface area (Å²) in [6.07, 6.45) is 1.12. The number of hydrogen-bond acceptors (Lipinski definition) is 2. The van der Waals surface area contributed by atoms with E-state index in [1.54, 1.807) is 6.92 Å². The molecule has 0 radical (unpaired) electrons. The maximum atomic E-state index is 13.4. The van der Waals surface area contributed by atoms with Crippen LogP contribution in [0.2, 0.25) is 0 Å². The number of nitrogens with one attached hydrogen (secondary N) is 1. The molecule has 88 valence electrons. The quantitative estimate of drug-likeness (QED) is 0.829. The molecule has 0 amide bonds. The van der Waals surface area contributed by atoms with E-state index in [0.717, 1.165) is 12.1 Å². The van der Waals surface area contributed by atoms with E-state index in [1.165, 1.54) is 6.07 Å². The molecule has 2 N–H and O–H groups in total. The van der Waals surface area contributed by atoms with Crippen LogP contribution in [0.25, 0.3) is 0 Å². The molecule has 0 spiro atoms. The zero-order valence-corrected chi connectivity index (χ0v) is 9.08. The molecule has 1 unspecified atom stereocenters. The van der Waals surface area contributed by atoms with E-state index in [1.807, 2.05) is 0 Å². The molecular weight excluding hydrogens is 212 g/mol. The van der Waals surface area contributed by atoms with Crippen molar-refractivity contribution in [3.8, 4) is 0 Å². The van der Waals surface area contributed by atoms with E-state index in [-0.39, 0.29) is 18.2 Å². The van der Waals surface area contributed by atoms with Crippen LogP contribution in [-0.4, -0.2) is 17.3 Å². The summed E-state index contributed by atoms with van der Waals surface area (Å²) in [4.78, 5) is 0. The minimum Gasteiger partial charge on any atom is -0.393 e. The van der Waals surface area contributed by atoms with Crippen molar-refractivity contribution in [2.45, 2.75) is 38.0 Å². The van der Waals surface area contributed by atoms with Gasteiger partial charge in [-0.1, -0.05) is 0 Å². The lowest BCUT2D eigenvalue weighted by molar-refractivity contribution is 0.0584. The van der Waals surface area contributed by atoms with Crippen LogP contribution in [0.1, 0.15) is 31.4 Å². The smallest absolute Gasteiger partial charge is 0.128 e. The molecule has 4 heteroatoms. The number of rotatable bonds is 3. The first-order valence-corrected chi connectivity index (χ1v) is 5.45. The highest BCUT2D eigenvalue weighted by atomic mass is 19.1. The van der Waals surface area contributed by atoms with Gasteiger partial charge in [0.1, 0.15) is 11.6 Å². The fourth-order valence-corrected chi connectivity index (χ4v) is 2.01. The molecule has 0 aromatic heterocycles. The van der Waals surface area contributed by atoms with Crippen molar-refractivity contribution in [1.29, 1.82) is 0 Å². The largest absolute Gasteiger partial charge is 0.393 e. The molecule has 1 aromatic carbocycles. The SMILES string of the molecule is CC(NC1CC(O)C1)c1cc(F)ccc1F. The standard InChI is InChI=1S/C12H15F2NO/c1-7(15-9-5-10(16)6-9)11-4-8(13)2-3-12(11)14/h2-4,7,9-10,15-16H,5-6H2,1H3. The van der Waals surface area contributed by atoms with Gasteiger partial charge in [-0.2, -0.15) is 0 Å². The lowest BCUT2D eigenvalue weighted by Gasteiger charge is -2.34. The highest BCUT2D eigenvalue weighted by Gasteiger charge is 2.28. The molecule has 0 aliphatic heterocycles. The Morgan fingerprint density at radius 1 is 1.38 bits per heavy atom. The predicted octanol–water partition coefficient (Wildman–Crippen LogP) is 2.14. The molecule has 1 aromatic rings. The van der Waals surface area contributed by atoms with Gasteiger partial charge in [0, 0.05) is 17.6 Å². The van der Waals surface area contributed by atoms with Gasteiger partial charge in [0.05, 0.1) is 6.10 Å². The van der Waals surface area contributed by atoms with Crippen molar-refractivity contribution in [2.24, 2.45) is 0 Å². The average Bonchev–Trinajstić information content (AvgIpc) is 2.19. The highest BCUT2D eigenvalue weighted by Crippen LogP contribution is 2.25. The van der Waals surface area contributed by atoms with Gasteiger partial charge >= 0.3 is 0 Å². The molecule has 2 nitrogen and oxygen atoms in total. The van der Waals surface area contributed by atoms with E-state index in [4.69, 9.17) is 5.11 Å². The van der Waals surface area contributed by atoms with Gasteiger partial charge in [-0.15, -0.1) is 0 Å². The molecule has 1 aliphatic carbocycles. The van der Waals surface area contributed by atoms with E-state index >= 15 is 0 Å².